The minimum atomic E-state index is -0.603. The number of carboxylic acids is 1. The second kappa shape index (κ2) is 2.57. The fraction of sp³-hybridized carbons (Fsp3) is 0.917. The molecule has 3 aliphatic rings. The van der Waals surface area contributed by atoms with E-state index in [1.165, 1.54) is 0 Å². The first-order chi connectivity index (χ1) is 6.97. The molecule has 0 radical (unpaired) electrons. The third-order valence-corrected chi connectivity index (χ3v) is 4.92. The normalized spacial score (nSPS) is 50.7. The van der Waals surface area contributed by atoms with Crippen molar-refractivity contribution in [1.82, 2.24) is 0 Å². The van der Waals surface area contributed by atoms with Crippen LogP contribution in [0.4, 0.5) is 0 Å². The number of ether oxygens (including phenoxy) is 1. The molecular weight excluding hydrogens is 192 g/mol. The highest BCUT2D eigenvalue weighted by Crippen LogP contribution is 2.71. The predicted molar refractivity (Wildman–Crippen MR) is 54.5 cm³/mol. The van der Waals surface area contributed by atoms with E-state index in [9.17, 15) is 9.90 Å². The summed E-state index contributed by atoms with van der Waals surface area (Å²) in [6.45, 7) is 4.15. The van der Waals surface area contributed by atoms with Crippen LogP contribution in [0.25, 0.3) is 0 Å². The van der Waals surface area contributed by atoms with Crippen molar-refractivity contribution in [2.24, 2.45) is 16.7 Å². The second-order valence-corrected chi connectivity index (χ2v) is 6.05. The molecule has 2 aliphatic heterocycles. The molecule has 1 aliphatic carbocycles. The Kier molecular flexibility index (Phi) is 1.65. The van der Waals surface area contributed by atoms with Crippen LogP contribution in [0.3, 0.4) is 0 Å². The van der Waals surface area contributed by atoms with Gasteiger partial charge < -0.3 is 9.84 Å². The van der Waals surface area contributed by atoms with Crippen molar-refractivity contribution in [2.75, 3.05) is 0 Å². The van der Waals surface area contributed by atoms with E-state index in [0.29, 0.717) is 6.10 Å². The Labute approximate surface area is 89.8 Å². The van der Waals surface area contributed by atoms with Crippen LogP contribution in [-0.4, -0.2) is 23.3 Å². The van der Waals surface area contributed by atoms with Gasteiger partial charge in [-0.3, -0.25) is 4.79 Å². The van der Waals surface area contributed by atoms with E-state index < -0.39 is 11.4 Å². The Morgan fingerprint density at radius 1 is 1.40 bits per heavy atom. The molecule has 4 unspecified atom stereocenters. The Morgan fingerprint density at radius 2 is 2.07 bits per heavy atom. The van der Waals surface area contributed by atoms with E-state index in [2.05, 4.69) is 13.8 Å². The lowest BCUT2D eigenvalue weighted by molar-refractivity contribution is -0.148. The molecule has 3 rings (SSSR count). The number of aliphatic carboxylic acids is 1. The Morgan fingerprint density at radius 3 is 2.40 bits per heavy atom. The largest absolute Gasteiger partial charge is 0.481 e. The molecule has 15 heavy (non-hydrogen) atoms. The summed E-state index contributed by atoms with van der Waals surface area (Å²) in [7, 11) is 0. The summed E-state index contributed by atoms with van der Waals surface area (Å²) >= 11 is 0. The highest BCUT2D eigenvalue weighted by atomic mass is 16.5. The lowest BCUT2D eigenvalue weighted by atomic mass is 9.74. The second-order valence-electron chi connectivity index (χ2n) is 6.05. The van der Waals surface area contributed by atoms with Crippen molar-refractivity contribution in [3.05, 3.63) is 0 Å². The monoisotopic (exact) mass is 210 g/mol. The van der Waals surface area contributed by atoms with Gasteiger partial charge in [-0.15, -0.1) is 0 Å². The number of rotatable bonds is 2. The number of hydrogen-bond acceptors (Lipinski definition) is 2. The minimum absolute atomic E-state index is 0.0304. The van der Waals surface area contributed by atoms with Crippen LogP contribution in [0.1, 0.15) is 39.5 Å². The highest BCUT2D eigenvalue weighted by molar-refractivity contribution is 5.80. The molecule has 2 saturated heterocycles. The van der Waals surface area contributed by atoms with Crippen molar-refractivity contribution in [1.29, 1.82) is 0 Å². The molecule has 1 N–H and O–H groups in total. The first-order valence-electron chi connectivity index (χ1n) is 5.86. The smallest absolute Gasteiger partial charge is 0.310 e. The van der Waals surface area contributed by atoms with Gasteiger partial charge in [0.2, 0.25) is 0 Å². The molecule has 0 spiro atoms. The fourth-order valence-electron chi connectivity index (χ4n) is 3.97. The van der Waals surface area contributed by atoms with Gasteiger partial charge in [0, 0.05) is 5.92 Å². The van der Waals surface area contributed by atoms with Crippen LogP contribution >= 0.6 is 0 Å². The third-order valence-electron chi connectivity index (χ3n) is 4.92. The van der Waals surface area contributed by atoms with Gasteiger partial charge in [0.25, 0.3) is 0 Å². The zero-order valence-corrected chi connectivity index (χ0v) is 9.32. The summed E-state index contributed by atoms with van der Waals surface area (Å²) in [6.07, 6.45) is 4.59. The van der Waals surface area contributed by atoms with Crippen LogP contribution in [0.2, 0.25) is 0 Å². The van der Waals surface area contributed by atoms with Crippen LogP contribution in [0.5, 0.6) is 0 Å². The lowest BCUT2D eigenvalue weighted by Crippen LogP contribution is -2.35. The Hall–Kier alpha value is -0.570. The Bertz CT molecular complexity index is 323. The van der Waals surface area contributed by atoms with E-state index in [1.54, 1.807) is 0 Å². The van der Waals surface area contributed by atoms with Gasteiger partial charge in [0.15, 0.2) is 0 Å². The average Bonchev–Trinajstić information content (AvgIpc) is 2.58. The number of fused-ring (bicyclic) bond motifs is 2. The van der Waals surface area contributed by atoms with Crippen LogP contribution in [-0.2, 0) is 9.53 Å². The molecule has 0 amide bonds. The third kappa shape index (κ3) is 1.02. The van der Waals surface area contributed by atoms with E-state index in [4.69, 9.17) is 4.74 Å². The summed E-state index contributed by atoms with van der Waals surface area (Å²) < 4.78 is 5.79. The molecule has 1 saturated carbocycles. The summed E-state index contributed by atoms with van der Waals surface area (Å²) in [5.41, 5.74) is -0.510. The van der Waals surface area contributed by atoms with E-state index >= 15 is 0 Å². The predicted octanol–water partition coefficient (Wildman–Crippen LogP) is 2.05. The summed E-state index contributed by atoms with van der Waals surface area (Å²) in [5.74, 6) is -0.336. The van der Waals surface area contributed by atoms with Crippen molar-refractivity contribution in [3.8, 4) is 0 Å². The first kappa shape index (κ1) is 9.64. The zero-order chi connectivity index (χ0) is 10.8. The number of carboxylic acid groups (broad SMARTS) is 1. The highest BCUT2D eigenvalue weighted by Gasteiger charge is 2.73. The summed E-state index contributed by atoms with van der Waals surface area (Å²) in [4.78, 5) is 11.5. The quantitative estimate of drug-likeness (QED) is 0.758. The first-order valence-corrected chi connectivity index (χ1v) is 5.86. The van der Waals surface area contributed by atoms with Gasteiger partial charge in [-0.1, -0.05) is 13.8 Å². The summed E-state index contributed by atoms with van der Waals surface area (Å²) in [6, 6.07) is 0. The standard InChI is InChI=1S/C12H18O3/c1-11(2)6-12(11,10(13)14)8-5-7-3-4-9(8)15-7/h7-9H,3-6H2,1-2H3,(H,13,14). The van der Waals surface area contributed by atoms with Crippen molar-refractivity contribution in [2.45, 2.75) is 51.7 Å². The molecule has 0 aromatic carbocycles. The van der Waals surface area contributed by atoms with Crippen LogP contribution in [0, 0.1) is 16.7 Å². The molecule has 0 aromatic rings. The molecule has 2 bridgehead atoms. The molecule has 3 heteroatoms. The van der Waals surface area contributed by atoms with Gasteiger partial charge in [0.1, 0.15) is 0 Å². The van der Waals surface area contributed by atoms with Crippen LogP contribution in [0.15, 0.2) is 0 Å². The molecule has 3 nitrogen and oxygen atoms in total. The number of hydrogen-bond donors (Lipinski definition) is 1. The molecule has 2 heterocycles. The maximum atomic E-state index is 11.5. The maximum absolute atomic E-state index is 11.5. The van der Waals surface area contributed by atoms with Gasteiger partial charge in [-0.2, -0.15) is 0 Å². The van der Waals surface area contributed by atoms with Gasteiger partial charge in [-0.05, 0) is 31.1 Å². The van der Waals surface area contributed by atoms with Crippen LogP contribution < -0.4 is 0 Å². The summed E-state index contributed by atoms with van der Waals surface area (Å²) in [5, 5.41) is 9.47. The lowest BCUT2D eigenvalue weighted by Gasteiger charge is -2.28. The molecule has 0 aromatic heterocycles. The number of carbonyl (C=O) groups is 1. The van der Waals surface area contributed by atoms with Crippen molar-refractivity contribution < 1.29 is 14.6 Å². The molecule has 84 valence electrons. The van der Waals surface area contributed by atoms with Gasteiger partial charge >= 0.3 is 5.97 Å². The van der Waals surface area contributed by atoms with Gasteiger partial charge in [0.05, 0.1) is 17.6 Å². The Balaban J connectivity index is 1.90. The van der Waals surface area contributed by atoms with Crippen molar-refractivity contribution >= 4 is 5.97 Å². The van der Waals surface area contributed by atoms with E-state index in [-0.39, 0.29) is 17.4 Å². The van der Waals surface area contributed by atoms with E-state index in [0.717, 1.165) is 25.7 Å². The molecule has 3 fully saturated rings. The van der Waals surface area contributed by atoms with E-state index in [1.807, 2.05) is 0 Å². The topological polar surface area (TPSA) is 46.5 Å². The maximum Gasteiger partial charge on any atom is 0.310 e. The zero-order valence-electron chi connectivity index (χ0n) is 9.32. The van der Waals surface area contributed by atoms with Gasteiger partial charge in [-0.25, -0.2) is 0 Å². The molecular formula is C12H18O3. The SMILES string of the molecule is CC1(C)CC1(C(=O)O)C1CC2CCC1O2. The molecule has 4 atom stereocenters. The van der Waals surface area contributed by atoms with Crippen molar-refractivity contribution in [3.63, 3.8) is 0 Å². The average molecular weight is 210 g/mol. The fourth-order valence-corrected chi connectivity index (χ4v) is 3.97. The minimum Gasteiger partial charge on any atom is -0.481 e.